The zero-order valence-corrected chi connectivity index (χ0v) is 15.7. The minimum Gasteiger partial charge on any atom is -0.493 e. The summed E-state index contributed by atoms with van der Waals surface area (Å²) in [6.07, 6.45) is 2.56. The molecule has 0 radical (unpaired) electrons. The van der Waals surface area contributed by atoms with Crippen LogP contribution in [-0.4, -0.2) is 57.7 Å². The number of methoxy groups -OCH3 is 1. The van der Waals surface area contributed by atoms with E-state index in [0.717, 1.165) is 0 Å². The molecule has 8 heteroatoms. The molecule has 2 atom stereocenters. The Morgan fingerprint density at radius 3 is 2.68 bits per heavy atom. The van der Waals surface area contributed by atoms with E-state index < -0.39 is 10.0 Å². The highest BCUT2D eigenvalue weighted by Crippen LogP contribution is 2.25. The first kappa shape index (κ1) is 19.5. The van der Waals surface area contributed by atoms with E-state index in [1.165, 1.54) is 10.6 Å². The van der Waals surface area contributed by atoms with Crippen LogP contribution in [0.4, 0.5) is 0 Å². The molecule has 0 unspecified atom stereocenters. The molecule has 25 heavy (non-hydrogen) atoms. The van der Waals surface area contributed by atoms with Crippen molar-refractivity contribution in [3.05, 3.63) is 24.3 Å². The first-order chi connectivity index (χ1) is 11.8. The molecule has 1 saturated heterocycles. The summed E-state index contributed by atoms with van der Waals surface area (Å²) in [4.78, 5) is 12.4. The number of sulfonamides is 1. The van der Waals surface area contributed by atoms with Crippen molar-refractivity contribution in [2.24, 2.45) is 5.92 Å². The quantitative estimate of drug-likeness (QED) is 0.781. The molecule has 0 aromatic heterocycles. The summed E-state index contributed by atoms with van der Waals surface area (Å²) in [5, 5.41) is 2.90. The topological polar surface area (TPSA) is 84.9 Å². The molecule has 7 nitrogen and oxygen atoms in total. The van der Waals surface area contributed by atoms with Gasteiger partial charge in [0.2, 0.25) is 15.9 Å². The molecule has 1 aromatic rings. The van der Waals surface area contributed by atoms with E-state index in [1.807, 2.05) is 19.1 Å². The molecular weight excluding hydrogens is 344 g/mol. The van der Waals surface area contributed by atoms with Crippen molar-refractivity contribution in [1.82, 2.24) is 9.62 Å². The largest absolute Gasteiger partial charge is 0.493 e. The summed E-state index contributed by atoms with van der Waals surface area (Å²) < 4.78 is 35.6. The van der Waals surface area contributed by atoms with E-state index in [1.54, 1.807) is 19.2 Å². The van der Waals surface area contributed by atoms with E-state index in [4.69, 9.17) is 9.47 Å². The number of amides is 1. The van der Waals surface area contributed by atoms with Crippen molar-refractivity contribution in [1.29, 1.82) is 0 Å². The zero-order chi connectivity index (χ0) is 18.4. The van der Waals surface area contributed by atoms with Gasteiger partial charge in [0.05, 0.1) is 25.3 Å². The number of para-hydroxylation sites is 2. The van der Waals surface area contributed by atoms with Crippen molar-refractivity contribution in [3.8, 4) is 11.5 Å². The van der Waals surface area contributed by atoms with Gasteiger partial charge in [-0.3, -0.25) is 4.79 Å². The van der Waals surface area contributed by atoms with Gasteiger partial charge in [-0.25, -0.2) is 12.7 Å². The van der Waals surface area contributed by atoms with Crippen molar-refractivity contribution < 1.29 is 22.7 Å². The van der Waals surface area contributed by atoms with Gasteiger partial charge in [-0.1, -0.05) is 12.1 Å². The Morgan fingerprint density at radius 2 is 2.04 bits per heavy atom. The van der Waals surface area contributed by atoms with Crippen molar-refractivity contribution in [3.63, 3.8) is 0 Å². The van der Waals surface area contributed by atoms with Gasteiger partial charge < -0.3 is 14.8 Å². The van der Waals surface area contributed by atoms with Crippen LogP contribution in [0.2, 0.25) is 0 Å². The third-order valence-corrected chi connectivity index (χ3v) is 5.44. The van der Waals surface area contributed by atoms with Crippen LogP contribution in [0.15, 0.2) is 24.3 Å². The highest BCUT2D eigenvalue weighted by molar-refractivity contribution is 7.88. The second-order valence-electron chi connectivity index (χ2n) is 6.33. The maximum atomic E-state index is 12.4. The molecule has 1 N–H and O–H groups in total. The number of hydrogen-bond donors (Lipinski definition) is 1. The molecule has 1 aliphatic heterocycles. The van der Waals surface area contributed by atoms with Gasteiger partial charge in [-0.15, -0.1) is 0 Å². The summed E-state index contributed by atoms with van der Waals surface area (Å²) in [6.45, 7) is 2.87. The predicted octanol–water partition coefficient (Wildman–Crippen LogP) is 1.25. The second kappa shape index (κ2) is 8.53. The standard InChI is InChI=1S/C17H26N2O5S/c1-13(12-24-16-9-5-4-8-15(16)23-2)18-17(20)14-7-6-10-19(11-14)25(3,21)22/h4-5,8-9,13-14H,6-7,10-12H2,1-3H3,(H,18,20)/t13-,14+/m1/s1. The molecule has 1 amide bonds. The van der Waals surface area contributed by atoms with E-state index in [9.17, 15) is 13.2 Å². The fourth-order valence-corrected chi connectivity index (χ4v) is 3.72. The number of piperidine rings is 1. The van der Waals surface area contributed by atoms with Gasteiger partial charge in [0.25, 0.3) is 0 Å². The minimum absolute atomic E-state index is 0.135. The minimum atomic E-state index is -3.26. The maximum Gasteiger partial charge on any atom is 0.224 e. The third-order valence-electron chi connectivity index (χ3n) is 4.17. The smallest absolute Gasteiger partial charge is 0.224 e. The number of carbonyl (C=O) groups excluding carboxylic acids is 1. The zero-order valence-electron chi connectivity index (χ0n) is 14.9. The lowest BCUT2D eigenvalue weighted by Crippen LogP contribution is -2.47. The second-order valence-corrected chi connectivity index (χ2v) is 8.31. The molecular formula is C17H26N2O5S. The monoisotopic (exact) mass is 370 g/mol. The van der Waals surface area contributed by atoms with E-state index in [-0.39, 0.29) is 24.4 Å². The molecule has 0 saturated carbocycles. The molecule has 0 bridgehead atoms. The fraction of sp³-hybridized carbons (Fsp3) is 0.588. The Balaban J connectivity index is 1.85. The number of hydrogen-bond acceptors (Lipinski definition) is 5. The van der Waals surface area contributed by atoms with Crippen LogP contribution in [0.1, 0.15) is 19.8 Å². The molecule has 1 heterocycles. The Morgan fingerprint density at radius 1 is 1.36 bits per heavy atom. The summed E-state index contributed by atoms with van der Waals surface area (Å²) in [6, 6.07) is 7.11. The van der Waals surface area contributed by atoms with Crippen LogP contribution in [-0.2, 0) is 14.8 Å². The maximum absolute atomic E-state index is 12.4. The van der Waals surface area contributed by atoms with Crippen molar-refractivity contribution >= 4 is 15.9 Å². The van der Waals surface area contributed by atoms with E-state index >= 15 is 0 Å². The van der Waals surface area contributed by atoms with Gasteiger partial charge in [-0.2, -0.15) is 0 Å². The van der Waals surface area contributed by atoms with Crippen LogP contribution < -0.4 is 14.8 Å². The summed E-state index contributed by atoms with van der Waals surface area (Å²) in [5.74, 6) is 0.797. The Hall–Kier alpha value is -1.80. The van der Waals surface area contributed by atoms with Gasteiger partial charge in [0.1, 0.15) is 6.61 Å². The van der Waals surface area contributed by atoms with Crippen LogP contribution in [0, 0.1) is 5.92 Å². The Bertz CT molecular complexity index is 692. The van der Waals surface area contributed by atoms with Crippen molar-refractivity contribution in [2.75, 3.05) is 33.1 Å². The van der Waals surface area contributed by atoms with Crippen molar-refractivity contribution in [2.45, 2.75) is 25.8 Å². The van der Waals surface area contributed by atoms with Gasteiger partial charge in [0.15, 0.2) is 11.5 Å². The van der Waals surface area contributed by atoms with Gasteiger partial charge in [-0.05, 0) is 31.9 Å². The predicted molar refractivity (Wildman–Crippen MR) is 95.2 cm³/mol. The lowest BCUT2D eigenvalue weighted by Gasteiger charge is -2.30. The Kier molecular flexibility index (Phi) is 6.66. The molecule has 0 spiro atoms. The first-order valence-corrected chi connectivity index (χ1v) is 10.2. The van der Waals surface area contributed by atoms with Crippen LogP contribution in [0.3, 0.4) is 0 Å². The summed E-state index contributed by atoms with van der Waals surface area (Å²) in [5.41, 5.74) is 0. The number of rotatable bonds is 7. The fourth-order valence-electron chi connectivity index (χ4n) is 2.81. The number of carbonyl (C=O) groups is 1. The highest BCUT2D eigenvalue weighted by Gasteiger charge is 2.30. The van der Waals surface area contributed by atoms with Crippen LogP contribution in [0.25, 0.3) is 0 Å². The molecule has 140 valence electrons. The average molecular weight is 370 g/mol. The number of nitrogens with zero attached hydrogens (tertiary/aromatic N) is 1. The first-order valence-electron chi connectivity index (χ1n) is 8.32. The highest BCUT2D eigenvalue weighted by atomic mass is 32.2. The molecule has 1 fully saturated rings. The number of benzene rings is 1. The normalized spacial score (nSPS) is 19.9. The van der Waals surface area contributed by atoms with Gasteiger partial charge >= 0.3 is 0 Å². The SMILES string of the molecule is COc1ccccc1OC[C@@H](C)NC(=O)[C@H]1CCCN(S(C)(=O)=O)C1. The molecule has 0 aliphatic carbocycles. The van der Waals surface area contributed by atoms with E-state index in [2.05, 4.69) is 5.32 Å². The summed E-state index contributed by atoms with van der Waals surface area (Å²) >= 11 is 0. The third kappa shape index (κ3) is 5.61. The van der Waals surface area contributed by atoms with Crippen LogP contribution >= 0.6 is 0 Å². The average Bonchev–Trinajstić information content (AvgIpc) is 2.59. The van der Waals surface area contributed by atoms with Gasteiger partial charge in [0, 0.05) is 13.1 Å². The number of nitrogens with one attached hydrogen (secondary N) is 1. The summed E-state index contributed by atoms with van der Waals surface area (Å²) in [7, 11) is -1.69. The molecule has 2 rings (SSSR count). The molecule has 1 aromatic carbocycles. The van der Waals surface area contributed by atoms with E-state index in [0.29, 0.717) is 37.5 Å². The molecule has 1 aliphatic rings. The van der Waals surface area contributed by atoms with Crippen LogP contribution in [0.5, 0.6) is 11.5 Å². The Labute approximate surface area is 149 Å². The lowest BCUT2D eigenvalue weighted by molar-refractivity contribution is -0.126. The lowest BCUT2D eigenvalue weighted by atomic mass is 9.98. The number of ether oxygens (including phenoxy) is 2.